The van der Waals surface area contributed by atoms with Crippen molar-refractivity contribution in [2.75, 3.05) is 13.7 Å². The standard InChI is InChI=1S/C16H22N2O3S/c1-3-4-5-6-9-21-12-15(19)18-14(16(20)17-2)11-13-8-7-10-22-13/h4-10,14H,3,11-12H2,1-2H3,(H,17,20)(H,18,19)/b5-4-,9-6+/t14-/m0/s1. The fraction of sp³-hybridized carbons (Fsp3) is 0.375. The molecule has 0 aliphatic heterocycles. The van der Waals surface area contributed by atoms with Crippen molar-refractivity contribution in [3.8, 4) is 0 Å². The van der Waals surface area contributed by atoms with Crippen molar-refractivity contribution >= 4 is 23.2 Å². The molecule has 1 rings (SSSR count). The van der Waals surface area contributed by atoms with Gasteiger partial charge in [-0.2, -0.15) is 0 Å². The quantitative estimate of drug-likeness (QED) is 0.540. The molecule has 0 unspecified atom stereocenters. The van der Waals surface area contributed by atoms with Gasteiger partial charge in [0.05, 0.1) is 6.26 Å². The van der Waals surface area contributed by atoms with E-state index >= 15 is 0 Å². The topological polar surface area (TPSA) is 67.4 Å². The van der Waals surface area contributed by atoms with E-state index in [-0.39, 0.29) is 18.4 Å². The highest BCUT2D eigenvalue weighted by Gasteiger charge is 2.20. The van der Waals surface area contributed by atoms with E-state index in [1.807, 2.05) is 36.6 Å². The number of rotatable bonds is 9. The molecule has 2 amide bonds. The van der Waals surface area contributed by atoms with Gasteiger partial charge in [0, 0.05) is 18.3 Å². The molecule has 5 nitrogen and oxygen atoms in total. The highest BCUT2D eigenvalue weighted by Crippen LogP contribution is 2.11. The third kappa shape index (κ3) is 7.08. The number of hydrogen-bond donors (Lipinski definition) is 2. The van der Waals surface area contributed by atoms with Crippen LogP contribution in [0.25, 0.3) is 0 Å². The Labute approximate surface area is 135 Å². The number of carbonyl (C=O) groups is 2. The lowest BCUT2D eigenvalue weighted by atomic mass is 10.1. The Bertz CT molecular complexity index is 509. The summed E-state index contributed by atoms with van der Waals surface area (Å²) in [5, 5.41) is 7.19. The zero-order valence-corrected chi connectivity index (χ0v) is 13.7. The van der Waals surface area contributed by atoms with Gasteiger partial charge in [0.15, 0.2) is 6.61 Å². The molecule has 0 aliphatic carbocycles. The summed E-state index contributed by atoms with van der Waals surface area (Å²) in [6.45, 7) is 1.92. The molecule has 0 radical (unpaired) electrons. The zero-order valence-electron chi connectivity index (χ0n) is 12.9. The van der Waals surface area contributed by atoms with Crippen LogP contribution in [0.1, 0.15) is 18.2 Å². The van der Waals surface area contributed by atoms with E-state index in [2.05, 4.69) is 10.6 Å². The summed E-state index contributed by atoms with van der Waals surface area (Å²) >= 11 is 1.55. The molecule has 2 N–H and O–H groups in total. The van der Waals surface area contributed by atoms with Gasteiger partial charge in [-0.25, -0.2) is 0 Å². The first-order valence-electron chi connectivity index (χ1n) is 7.14. The molecular formula is C16H22N2O3S. The maximum absolute atomic E-state index is 11.8. The van der Waals surface area contributed by atoms with Crippen LogP contribution in [0.4, 0.5) is 0 Å². The fourth-order valence-electron chi connectivity index (χ4n) is 1.69. The third-order valence-corrected chi connectivity index (χ3v) is 3.65. The Morgan fingerprint density at radius 1 is 1.41 bits per heavy atom. The number of amides is 2. The first-order valence-corrected chi connectivity index (χ1v) is 8.02. The molecule has 0 aliphatic rings. The van der Waals surface area contributed by atoms with Gasteiger partial charge < -0.3 is 15.4 Å². The van der Waals surface area contributed by atoms with Crippen LogP contribution >= 0.6 is 11.3 Å². The molecule has 1 aromatic heterocycles. The smallest absolute Gasteiger partial charge is 0.258 e. The molecule has 1 aromatic rings. The minimum Gasteiger partial charge on any atom is -0.491 e. The summed E-state index contributed by atoms with van der Waals surface area (Å²) < 4.78 is 5.12. The molecule has 6 heteroatoms. The Balaban J connectivity index is 2.44. The Hall–Kier alpha value is -2.08. The van der Waals surface area contributed by atoms with Crippen LogP contribution in [-0.4, -0.2) is 31.5 Å². The van der Waals surface area contributed by atoms with Crippen molar-refractivity contribution in [2.45, 2.75) is 25.8 Å². The number of nitrogens with one attached hydrogen (secondary N) is 2. The van der Waals surface area contributed by atoms with E-state index in [1.54, 1.807) is 24.5 Å². The molecule has 22 heavy (non-hydrogen) atoms. The van der Waals surface area contributed by atoms with Gasteiger partial charge >= 0.3 is 0 Å². The summed E-state index contributed by atoms with van der Waals surface area (Å²) in [6, 6.07) is 3.26. The van der Waals surface area contributed by atoms with Crippen LogP contribution in [-0.2, 0) is 20.7 Å². The summed E-state index contributed by atoms with van der Waals surface area (Å²) in [4.78, 5) is 24.7. The first-order chi connectivity index (χ1) is 10.7. The Kier molecular flexibility index (Phi) is 8.67. The minimum absolute atomic E-state index is 0.117. The lowest BCUT2D eigenvalue weighted by Crippen LogP contribution is -2.47. The van der Waals surface area contributed by atoms with Crippen LogP contribution in [0.2, 0.25) is 0 Å². The van der Waals surface area contributed by atoms with E-state index < -0.39 is 6.04 Å². The Morgan fingerprint density at radius 2 is 2.23 bits per heavy atom. The predicted molar refractivity (Wildman–Crippen MR) is 88.5 cm³/mol. The largest absolute Gasteiger partial charge is 0.491 e. The number of carbonyl (C=O) groups excluding carboxylic acids is 2. The zero-order chi connectivity index (χ0) is 16.2. The fourth-order valence-corrected chi connectivity index (χ4v) is 2.44. The average molecular weight is 322 g/mol. The number of ether oxygens (including phenoxy) is 1. The molecule has 0 saturated heterocycles. The predicted octanol–water partition coefficient (Wildman–Crippen LogP) is 2.02. The van der Waals surface area contributed by atoms with Crippen LogP contribution in [0, 0.1) is 0 Å². The third-order valence-electron chi connectivity index (χ3n) is 2.76. The maximum Gasteiger partial charge on any atom is 0.258 e. The molecule has 120 valence electrons. The lowest BCUT2D eigenvalue weighted by molar-refractivity contribution is -0.130. The Morgan fingerprint density at radius 3 is 2.86 bits per heavy atom. The van der Waals surface area contributed by atoms with Crippen LogP contribution in [0.15, 0.2) is 42.0 Å². The van der Waals surface area contributed by atoms with Crippen molar-refractivity contribution in [1.29, 1.82) is 0 Å². The molecule has 0 aromatic carbocycles. The van der Waals surface area contributed by atoms with Gasteiger partial charge in [-0.15, -0.1) is 11.3 Å². The van der Waals surface area contributed by atoms with Crippen molar-refractivity contribution in [1.82, 2.24) is 10.6 Å². The van der Waals surface area contributed by atoms with Crippen molar-refractivity contribution < 1.29 is 14.3 Å². The molecule has 1 heterocycles. The van der Waals surface area contributed by atoms with E-state index in [1.165, 1.54) is 6.26 Å². The molecule has 0 saturated carbocycles. The average Bonchev–Trinajstić information content (AvgIpc) is 3.02. The molecule has 0 bridgehead atoms. The van der Waals surface area contributed by atoms with Crippen LogP contribution in [0.3, 0.4) is 0 Å². The van der Waals surface area contributed by atoms with E-state index in [0.717, 1.165) is 11.3 Å². The lowest BCUT2D eigenvalue weighted by Gasteiger charge is -2.16. The van der Waals surface area contributed by atoms with Gasteiger partial charge in [0.1, 0.15) is 6.04 Å². The van der Waals surface area contributed by atoms with Crippen molar-refractivity contribution in [3.05, 3.63) is 46.9 Å². The first kappa shape index (κ1) is 18.0. The summed E-state index contributed by atoms with van der Waals surface area (Å²) in [6.07, 6.45) is 8.42. The summed E-state index contributed by atoms with van der Waals surface area (Å²) in [5.74, 6) is -0.544. The molecule has 1 atom stereocenters. The molecule has 0 fully saturated rings. The minimum atomic E-state index is -0.594. The van der Waals surface area contributed by atoms with E-state index in [9.17, 15) is 9.59 Å². The second-order valence-corrected chi connectivity index (χ2v) is 5.53. The van der Waals surface area contributed by atoms with Gasteiger partial charge in [0.25, 0.3) is 5.91 Å². The van der Waals surface area contributed by atoms with Crippen molar-refractivity contribution in [3.63, 3.8) is 0 Å². The van der Waals surface area contributed by atoms with Gasteiger partial charge in [-0.3, -0.25) is 9.59 Å². The normalized spacial score (nSPS) is 12.5. The number of thiophene rings is 1. The van der Waals surface area contributed by atoms with Gasteiger partial charge in [0.2, 0.25) is 5.91 Å². The second-order valence-electron chi connectivity index (χ2n) is 4.49. The highest BCUT2D eigenvalue weighted by molar-refractivity contribution is 7.09. The van der Waals surface area contributed by atoms with E-state index in [0.29, 0.717) is 6.42 Å². The van der Waals surface area contributed by atoms with E-state index in [4.69, 9.17) is 4.74 Å². The summed E-state index contributed by atoms with van der Waals surface area (Å²) in [7, 11) is 1.55. The van der Waals surface area contributed by atoms with Gasteiger partial charge in [-0.05, 0) is 23.9 Å². The maximum atomic E-state index is 11.8. The number of allylic oxidation sites excluding steroid dienone is 3. The van der Waals surface area contributed by atoms with Crippen LogP contribution < -0.4 is 10.6 Å². The van der Waals surface area contributed by atoms with Crippen molar-refractivity contribution in [2.24, 2.45) is 0 Å². The van der Waals surface area contributed by atoms with Crippen LogP contribution in [0.5, 0.6) is 0 Å². The molecule has 0 spiro atoms. The number of likely N-dealkylation sites (N-methyl/N-ethyl adjacent to an activating group) is 1. The summed E-state index contributed by atoms with van der Waals surface area (Å²) in [5.41, 5.74) is 0. The monoisotopic (exact) mass is 322 g/mol. The highest BCUT2D eigenvalue weighted by atomic mass is 32.1. The van der Waals surface area contributed by atoms with Gasteiger partial charge in [-0.1, -0.05) is 25.1 Å². The SMILES string of the molecule is CC/C=C\C=C\OCC(=O)N[C@@H](Cc1cccs1)C(=O)NC. The molecular weight excluding hydrogens is 300 g/mol. The number of hydrogen-bond acceptors (Lipinski definition) is 4. The second kappa shape index (κ2) is 10.6.